The molecule has 0 unspecified atom stereocenters. The van der Waals surface area contributed by atoms with E-state index in [1.165, 1.54) is 0 Å². The van der Waals surface area contributed by atoms with Crippen LogP contribution in [0, 0.1) is 0 Å². The van der Waals surface area contributed by atoms with Crippen LogP contribution in [0.1, 0.15) is 0 Å². The number of phenolic OH excluding ortho intramolecular Hbond substituents is 1. The number of rotatable bonds is 3. The molecule has 0 amide bonds. The number of para-hydroxylation sites is 1. The highest BCUT2D eigenvalue weighted by Crippen LogP contribution is 2.18. The highest BCUT2D eigenvalue weighted by molar-refractivity contribution is 5.56. The van der Waals surface area contributed by atoms with E-state index in [4.69, 9.17) is 0 Å². The molecule has 2 N–H and O–H groups in total. The molecule has 0 radical (unpaired) electrons. The zero-order valence-electron chi connectivity index (χ0n) is 10.2. The minimum Gasteiger partial charge on any atom is -0.508 e. The quantitative estimate of drug-likeness (QED) is 0.702. The standard InChI is InChI=1S/C15H13N3O/c19-14-8-6-12(7-9-14)16-15-10-11-18(17-15)13-4-2-1-3-5-13/h1-11,19H,(H,16,17). The van der Waals surface area contributed by atoms with Crippen molar-refractivity contribution in [1.29, 1.82) is 0 Å². The fraction of sp³-hybridized carbons (Fsp3) is 0. The Morgan fingerprint density at radius 3 is 2.37 bits per heavy atom. The van der Waals surface area contributed by atoms with Crippen LogP contribution in [0.2, 0.25) is 0 Å². The first-order chi connectivity index (χ1) is 9.31. The predicted molar refractivity (Wildman–Crippen MR) is 75.0 cm³/mol. The monoisotopic (exact) mass is 251 g/mol. The predicted octanol–water partition coefficient (Wildman–Crippen LogP) is 3.32. The molecule has 2 aromatic carbocycles. The van der Waals surface area contributed by atoms with E-state index < -0.39 is 0 Å². The van der Waals surface area contributed by atoms with Gasteiger partial charge in [-0.05, 0) is 36.4 Å². The van der Waals surface area contributed by atoms with Crippen molar-refractivity contribution in [2.24, 2.45) is 0 Å². The number of benzene rings is 2. The number of hydrogen-bond acceptors (Lipinski definition) is 3. The molecule has 0 saturated carbocycles. The molecule has 0 atom stereocenters. The van der Waals surface area contributed by atoms with E-state index in [2.05, 4.69) is 10.4 Å². The van der Waals surface area contributed by atoms with Gasteiger partial charge in [0, 0.05) is 18.0 Å². The highest BCUT2D eigenvalue weighted by atomic mass is 16.3. The number of phenols is 1. The largest absolute Gasteiger partial charge is 0.508 e. The normalized spacial score (nSPS) is 10.3. The van der Waals surface area contributed by atoms with Gasteiger partial charge in [0.15, 0.2) is 5.82 Å². The molecule has 1 aromatic heterocycles. The first-order valence-corrected chi connectivity index (χ1v) is 5.98. The van der Waals surface area contributed by atoms with Gasteiger partial charge >= 0.3 is 0 Å². The van der Waals surface area contributed by atoms with Gasteiger partial charge in [0.2, 0.25) is 0 Å². The van der Waals surface area contributed by atoms with Gasteiger partial charge in [-0.15, -0.1) is 0 Å². The van der Waals surface area contributed by atoms with Crippen LogP contribution < -0.4 is 5.32 Å². The second-order valence-corrected chi connectivity index (χ2v) is 4.15. The molecule has 0 bridgehead atoms. The molecular weight excluding hydrogens is 238 g/mol. The summed E-state index contributed by atoms with van der Waals surface area (Å²) < 4.78 is 1.81. The number of aromatic nitrogens is 2. The average Bonchev–Trinajstić information content (AvgIpc) is 2.91. The van der Waals surface area contributed by atoms with Crippen molar-refractivity contribution in [3.63, 3.8) is 0 Å². The van der Waals surface area contributed by atoms with Crippen LogP contribution in [0.25, 0.3) is 5.69 Å². The van der Waals surface area contributed by atoms with E-state index in [0.717, 1.165) is 17.2 Å². The van der Waals surface area contributed by atoms with Gasteiger partial charge in [-0.2, -0.15) is 5.10 Å². The van der Waals surface area contributed by atoms with Gasteiger partial charge in [0.05, 0.1) is 5.69 Å². The Hall–Kier alpha value is -2.75. The third-order valence-corrected chi connectivity index (χ3v) is 2.75. The number of nitrogens with zero attached hydrogens (tertiary/aromatic N) is 2. The summed E-state index contributed by atoms with van der Waals surface area (Å²) in [4.78, 5) is 0. The third kappa shape index (κ3) is 2.57. The summed E-state index contributed by atoms with van der Waals surface area (Å²) in [5.74, 6) is 1.01. The van der Waals surface area contributed by atoms with E-state index in [0.29, 0.717) is 0 Å². The lowest BCUT2D eigenvalue weighted by molar-refractivity contribution is 0.475. The Morgan fingerprint density at radius 1 is 0.895 bits per heavy atom. The zero-order chi connectivity index (χ0) is 13.1. The fourth-order valence-electron chi connectivity index (χ4n) is 1.81. The van der Waals surface area contributed by atoms with Crippen LogP contribution in [0.5, 0.6) is 5.75 Å². The molecular formula is C15H13N3O. The van der Waals surface area contributed by atoms with Gasteiger partial charge in [-0.1, -0.05) is 18.2 Å². The smallest absolute Gasteiger partial charge is 0.152 e. The van der Waals surface area contributed by atoms with Crippen LogP contribution >= 0.6 is 0 Å². The Morgan fingerprint density at radius 2 is 1.63 bits per heavy atom. The minimum absolute atomic E-state index is 0.250. The zero-order valence-corrected chi connectivity index (χ0v) is 10.2. The Labute approximate surface area is 110 Å². The fourth-order valence-corrected chi connectivity index (χ4v) is 1.81. The number of nitrogens with one attached hydrogen (secondary N) is 1. The van der Waals surface area contributed by atoms with Gasteiger partial charge in [0.1, 0.15) is 5.75 Å². The SMILES string of the molecule is Oc1ccc(Nc2ccn(-c3ccccc3)n2)cc1. The second kappa shape index (κ2) is 4.86. The van der Waals surface area contributed by atoms with Gasteiger partial charge in [-0.25, -0.2) is 4.68 Å². The van der Waals surface area contributed by atoms with Gasteiger partial charge < -0.3 is 10.4 Å². The summed E-state index contributed by atoms with van der Waals surface area (Å²) >= 11 is 0. The molecule has 0 saturated heterocycles. The van der Waals surface area contributed by atoms with Crippen LogP contribution in [-0.2, 0) is 0 Å². The lowest BCUT2D eigenvalue weighted by atomic mass is 10.3. The highest BCUT2D eigenvalue weighted by Gasteiger charge is 2.01. The molecule has 0 fully saturated rings. The van der Waals surface area contributed by atoms with Crippen LogP contribution in [0.15, 0.2) is 66.9 Å². The summed E-state index contributed by atoms with van der Waals surface area (Å²) in [5.41, 5.74) is 1.90. The third-order valence-electron chi connectivity index (χ3n) is 2.75. The van der Waals surface area contributed by atoms with E-state index in [9.17, 15) is 5.11 Å². The van der Waals surface area contributed by atoms with Crippen molar-refractivity contribution in [2.45, 2.75) is 0 Å². The average molecular weight is 251 g/mol. The number of anilines is 2. The molecule has 1 heterocycles. The molecule has 0 aliphatic rings. The molecule has 19 heavy (non-hydrogen) atoms. The van der Waals surface area contributed by atoms with Crippen molar-refractivity contribution in [3.05, 3.63) is 66.9 Å². The maximum Gasteiger partial charge on any atom is 0.152 e. The van der Waals surface area contributed by atoms with E-state index in [1.54, 1.807) is 24.3 Å². The minimum atomic E-state index is 0.250. The van der Waals surface area contributed by atoms with Crippen molar-refractivity contribution in [1.82, 2.24) is 9.78 Å². The molecule has 0 aliphatic carbocycles. The van der Waals surface area contributed by atoms with E-state index in [-0.39, 0.29) is 5.75 Å². The van der Waals surface area contributed by atoms with Crippen molar-refractivity contribution < 1.29 is 5.11 Å². The summed E-state index contributed by atoms with van der Waals surface area (Å²) in [6.07, 6.45) is 1.90. The molecule has 4 heteroatoms. The summed E-state index contributed by atoms with van der Waals surface area (Å²) in [5, 5.41) is 16.8. The lowest BCUT2D eigenvalue weighted by Gasteiger charge is -2.03. The molecule has 3 aromatic rings. The van der Waals surface area contributed by atoms with Crippen molar-refractivity contribution >= 4 is 11.5 Å². The molecule has 0 spiro atoms. The Kier molecular flexibility index (Phi) is 2.90. The van der Waals surface area contributed by atoms with Gasteiger partial charge in [-0.3, -0.25) is 0 Å². The summed E-state index contributed by atoms with van der Waals surface area (Å²) in [6.45, 7) is 0. The molecule has 94 valence electrons. The molecule has 3 rings (SSSR count). The topological polar surface area (TPSA) is 50.1 Å². The second-order valence-electron chi connectivity index (χ2n) is 4.15. The first-order valence-electron chi connectivity index (χ1n) is 5.98. The van der Waals surface area contributed by atoms with Crippen LogP contribution in [-0.4, -0.2) is 14.9 Å². The van der Waals surface area contributed by atoms with Crippen LogP contribution in [0.4, 0.5) is 11.5 Å². The summed E-state index contributed by atoms with van der Waals surface area (Å²) in [7, 11) is 0. The maximum absolute atomic E-state index is 9.23. The molecule has 0 aliphatic heterocycles. The molecule has 4 nitrogen and oxygen atoms in total. The number of hydrogen-bond donors (Lipinski definition) is 2. The Balaban J connectivity index is 1.80. The van der Waals surface area contributed by atoms with Crippen LogP contribution in [0.3, 0.4) is 0 Å². The van der Waals surface area contributed by atoms with Crippen molar-refractivity contribution in [2.75, 3.05) is 5.32 Å². The Bertz CT molecular complexity index is 659. The maximum atomic E-state index is 9.23. The van der Waals surface area contributed by atoms with E-state index in [1.807, 2.05) is 47.3 Å². The first kappa shape index (κ1) is 11.3. The van der Waals surface area contributed by atoms with Gasteiger partial charge in [0.25, 0.3) is 0 Å². The van der Waals surface area contributed by atoms with Crippen molar-refractivity contribution in [3.8, 4) is 11.4 Å². The van der Waals surface area contributed by atoms with E-state index >= 15 is 0 Å². The summed E-state index contributed by atoms with van der Waals surface area (Å²) in [6, 6.07) is 18.7. The number of aromatic hydroxyl groups is 1. The lowest BCUT2D eigenvalue weighted by Crippen LogP contribution is -1.96.